The molecule has 0 atom stereocenters. The van der Waals surface area contributed by atoms with E-state index in [0.29, 0.717) is 11.6 Å². The third kappa shape index (κ3) is 1.20. The minimum atomic E-state index is 0.685. The third-order valence-electron chi connectivity index (χ3n) is 2.71. The molecule has 2 aromatic rings. The summed E-state index contributed by atoms with van der Waals surface area (Å²) in [5, 5.41) is 4.45. The lowest BCUT2D eigenvalue weighted by molar-refractivity contribution is 0.788. The minimum absolute atomic E-state index is 0.685. The summed E-state index contributed by atoms with van der Waals surface area (Å²) in [7, 11) is 0. The Balaban J connectivity index is 2.14. The van der Waals surface area contributed by atoms with Gasteiger partial charge in [-0.25, -0.2) is 4.98 Å². The van der Waals surface area contributed by atoms with Gasteiger partial charge in [0.25, 0.3) is 0 Å². The van der Waals surface area contributed by atoms with E-state index >= 15 is 0 Å². The molecule has 0 aliphatic heterocycles. The van der Waals surface area contributed by atoms with E-state index in [9.17, 15) is 0 Å². The van der Waals surface area contributed by atoms with Crippen LogP contribution in [0.3, 0.4) is 0 Å². The second-order valence-corrected chi connectivity index (χ2v) is 3.64. The summed E-state index contributed by atoms with van der Waals surface area (Å²) in [5.74, 6) is 1.40. The van der Waals surface area contributed by atoms with Gasteiger partial charge in [0.05, 0.1) is 11.9 Å². The Morgan fingerprint density at radius 3 is 2.93 bits per heavy atom. The number of anilines is 1. The molecule has 1 aliphatic rings. The maximum Gasteiger partial charge on any atom is 0.174 e. The smallest absolute Gasteiger partial charge is 0.174 e. The third-order valence-corrected chi connectivity index (χ3v) is 2.71. The van der Waals surface area contributed by atoms with E-state index in [2.05, 4.69) is 15.1 Å². The molecule has 1 aliphatic carbocycles. The number of nitrogens with two attached hydrogens (primary N) is 1. The summed E-state index contributed by atoms with van der Waals surface area (Å²) >= 11 is 0. The highest BCUT2D eigenvalue weighted by molar-refractivity contribution is 5.49. The van der Waals surface area contributed by atoms with Crippen LogP contribution >= 0.6 is 0 Å². The minimum Gasteiger partial charge on any atom is -0.383 e. The maximum atomic E-state index is 6.02. The Labute approximate surface area is 87.0 Å². The highest BCUT2D eigenvalue weighted by Gasteiger charge is 2.21. The highest BCUT2D eigenvalue weighted by atomic mass is 15.3. The van der Waals surface area contributed by atoms with Gasteiger partial charge in [-0.1, -0.05) is 0 Å². The van der Waals surface area contributed by atoms with Gasteiger partial charge in [-0.05, 0) is 19.3 Å². The number of fused-ring (bicyclic) bond motifs is 1. The van der Waals surface area contributed by atoms with Gasteiger partial charge in [-0.3, -0.25) is 4.98 Å². The average Bonchev–Trinajstić information content (AvgIpc) is 2.83. The van der Waals surface area contributed by atoms with Gasteiger partial charge in [0, 0.05) is 18.0 Å². The van der Waals surface area contributed by atoms with E-state index in [4.69, 9.17) is 5.73 Å². The number of hydrogen-bond donors (Lipinski definition) is 1. The number of hydrogen-bond acceptors (Lipinski definition) is 4. The molecule has 0 amide bonds. The Bertz CT molecular complexity index is 488. The zero-order chi connectivity index (χ0) is 10.3. The molecule has 0 unspecified atom stereocenters. The molecule has 5 heteroatoms. The van der Waals surface area contributed by atoms with Crippen LogP contribution in [-0.4, -0.2) is 19.7 Å². The molecule has 2 N–H and O–H groups in total. The van der Waals surface area contributed by atoms with E-state index in [-0.39, 0.29) is 0 Å². The van der Waals surface area contributed by atoms with Gasteiger partial charge in [0.15, 0.2) is 5.82 Å². The van der Waals surface area contributed by atoms with Crippen molar-refractivity contribution in [2.75, 3.05) is 5.73 Å². The molecule has 0 radical (unpaired) electrons. The van der Waals surface area contributed by atoms with Crippen molar-refractivity contribution in [3.63, 3.8) is 0 Å². The van der Waals surface area contributed by atoms with E-state index in [1.165, 1.54) is 5.56 Å². The van der Waals surface area contributed by atoms with E-state index in [1.54, 1.807) is 23.3 Å². The van der Waals surface area contributed by atoms with Crippen LogP contribution in [-0.2, 0) is 12.8 Å². The van der Waals surface area contributed by atoms with Gasteiger partial charge in [-0.15, -0.1) is 0 Å². The first kappa shape index (κ1) is 8.40. The Morgan fingerprint density at radius 2 is 2.20 bits per heavy atom. The lowest BCUT2D eigenvalue weighted by Crippen LogP contribution is -2.05. The topological polar surface area (TPSA) is 69.6 Å². The molecule has 2 heterocycles. The van der Waals surface area contributed by atoms with Crippen LogP contribution in [0.15, 0.2) is 18.6 Å². The fraction of sp³-hybridized carbons (Fsp3) is 0.300. The molecule has 15 heavy (non-hydrogen) atoms. The normalized spacial score (nSPS) is 14.1. The lowest BCUT2D eigenvalue weighted by atomic mass is 10.3. The molecule has 3 rings (SSSR count). The number of rotatable bonds is 1. The summed E-state index contributed by atoms with van der Waals surface area (Å²) in [5.41, 5.74) is 8.31. The largest absolute Gasteiger partial charge is 0.383 e. The van der Waals surface area contributed by atoms with E-state index < -0.39 is 0 Å². The summed E-state index contributed by atoms with van der Waals surface area (Å²) in [4.78, 5) is 8.19. The van der Waals surface area contributed by atoms with Gasteiger partial charge in [-0.2, -0.15) is 9.78 Å². The molecule has 5 nitrogen and oxygen atoms in total. The van der Waals surface area contributed by atoms with E-state index in [1.807, 2.05) is 0 Å². The monoisotopic (exact) mass is 201 g/mol. The quantitative estimate of drug-likeness (QED) is 0.738. The summed E-state index contributed by atoms with van der Waals surface area (Å²) in [6.07, 6.45) is 8.15. The number of nitrogens with zero attached hydrogens (tertiary/aromatic N) is 4. The molecule has 0 spiro atoms. The molecular formula is C10H11N5. The van der Waals surface area contributed by atoms with Crippen LogP contribution in [0.25, 0.3) is 5.82 Å². The van der Waals surface area contributed by atoms with Crippen molar-refractivity contribution in [3.05, 3.63) is 29.8 Å². The molecule has 0 fully saturated rings. The van der Waals surface area contributed by atoms with Crippen LogP contribution in [0.5, 0.6) is 0 Å². The fourth-order valence-electron chi connectivity index (χ4n) is 1.99. The first-order valence-corrected chi connectivity index (χ1v) is 4.99. The molecular weight excluding hydrogens is 190 g/mol. The Kier molecular flexibility index (Phi) is 1.71. The van der Waals surface area contributed by atoms with Gasteiger partial charge < -0.3 is 5.73 Å². The summed E-state index contributed by atoms with van der Waals surface area (Å²) in [6, 6.07) is 0. The fourth-order valence-corrected chi connectivity index (χ4v) is 1.99. The standard InChI is InChI=1S/C10H11N5/c11-10-7-2-1-3-8(7)14-15(10)9-6-12-4-5-13-9/h4-6H,1-3,11H2. The van der Waals surface area contributed by atoms with Gasteiger partial charge >= 0.3 is 0 Å². The lowest BCUT2D eigenvalue weighted by Gasteiger charge is -2.02. The summed E-state index contributed by atoms with van der Waals surface area (Å²) in [6.45, 7) is 0. The van der Waals surface area contributed by atoms with Crippen LogP contribution in [0.4, 0.5) is 5.82 Å². The van der Waals surface area contributed by atoms with Crippen molar-refractivity contribution in [1.29, 1.82) is 0 Å². The molecule has 0 aromatic carbocycles. The van der Waals surface area contributed by atoms with Crippen LogP contribution in [0.2, 0.25) is 0 Å². The van der Waals surface area contributed by atoms with Crippen LogP contribution in [0, 0.1) is 0 Å². The Hall–Kier alpha value is -1.91. The predicted molar refractivity (Wildman–Crippen MR) is 55.6 cm³/mol. The molecule has 0 saturated heterocycles. The van der Waals surface area contributed by atoms with Crippen molar-refractivity contribution in [2.45, 2.75) is 19.3 Å². The second kappa shape index (κ2) is 3.05. The van der Waals surface area contributed by atoms with Crippen LogP contribution < -0.4 is 5.73 Å². The molecule has 76 valence electrons. The molecule has 0 saturated carbocycles. The summed E-state index contributed by atoms with van der Waals surface area (Å²) < 4.78 is 1.68. The first-order valence-electron chi connectivity index (χ1n) is 4.99. The number of aromatic nitrogens is 4. The van der Waals surface area contributed by atoms with E-state index in [0.717, 1.165) is 25.0 Å². The Morgan fingerprint density at radius 1 is 1.27 bits per heavy atom. The predicted octanol–water partition coefficient (Wildman–Crippen LogP) is 0.733. The second-order valence-electron chi connectivity index (χ2n) is 3.64. The number of aryl methyl sites for hydroxylation is 1. The van der Waals surface area contributed by atoms with Crippen molar-refractivity contribution >= 4 is 5.82 Å². The highest BCUT2D eigenvalue weighted by Crippen LogP contribution is 2.27. The van der Waals surface area contributed by atoms with Gasteiger partial charge in [0.2, 0.25) is 0 Å². The number of nitrogen functional groups attached to an aromatic ring is 1. The SMILES string of the molecule is Nc1c2c(nn1-c1cnccn1)CCC2. The molecule has 0 bridgehead atoms. The average molecular weight is 201 g/mol. The van der Waals surface area contributed by atoms with Gasteiger partial charge in [0.1, 0.15) is 5.82 Å². The zero-order valence-electron chi connectivity index (χ0n) is 8.22. The van der Waals surface area contributed by atoms with Crippen molar-refractivity contribution in [2.24, 2.45) is 0 Å². The molecule has 2 aromatic heterocycles. The van der Waals surface area contributed by atoms with Crippen molar-refractivity contribution in [1.82, 2.24) is 19.7 Å². The van der Waals surface area contributed by atoms with Crippen LogP contribution in [0.1, 0.15) is 17.7 Å². The zero-order valence-corrected chi connectivity index (χ0v) is 8.22. The first-order chi connectivity index (χ1) is 7.36. The van der Waals surface area contributed by atoms with Crippen molar-refractivity contribution < 1.29 is 0 Å². The van der Waals surface area contributed by atoms with Crippen molar-refractivity contribution in [3.8, 4) is 5.82 Å². The maximum absolute atomic E-state index is 6.02.